The highest BCUT2D eigenvalue weighted by atomic mass is 32.1. The predicted molar refractivity (Wildman–Crippen MR) is 119 cm³/mol. The fourth-order valence-corrected chi connectivity index (χ4v) is 4.83. The van der Waals surface area contributed by atoms with Crippen LogP contribution in [-0.4, -0.2) is 12.7 Å². The van der Waals surface area contributed by atoms with E-state index in [-0.39, 0.29) is 0 Å². The first-order valence-electron chi connectivity index (χ1n) is 9.08. The van der Waals surface area contributed by atoms with E-state index < -0.39 is 0 Å². The highest BCUT2D eigenvalue weighted by Crippen LogP contribution is 2.41. The molecule has 5 rings (SSSR count). The number of hydrogen-bond acceptors (Lipinski definition) is 3. The van der Waals surface area contributed by atoms with Gasteiger partial charge in [-0.3, -0.25) is 0 Å². The Labute approximate surface area is 168 Å². The fourth-order valence-electron chi connectivity index (χ4n) is 3.69. The molecule has 28 heavy (non-hydrogen) atoms. The van der Waals surface area contributed by atoms with Gasteiger partial charge in [0.15, 0.2) is 0 Å². The molecule has 4 heteroatoms. The summed E-state index contributed by atoms with van der Waals surface area (Å²) in [4.78, 5) is 0. The van der Waals surface area contributed by atoms with Gasteiger partial charge in [-0.05, 0) is 40.5 Å². The fraction of sp³-hybridized carbons (Fsp3) is 0. The minimum Gasteiger partial charge on any atom is -0.536 e. The third-order valence-electron chi connectivity index (χ3n) is 4.96. The normalized spacial score (nSPS) is 11.0. The summed E-state index contributed by atoms with van der Waals surface area (Å²) in [6.07, 6.45) is 0. The summed E-state index contributed by atoms with van der Waals surface area (Å²) in [6, 6.07) is 31.5. The van der Waals surface area contributed by atoms with Gasteiger partial charge in [0, 0.05) is 15.5 Å². The Morgan fingerprint density at radius 2 is 1.43 bits per heavy atom. The van der Waals surface area contributed by atoms with Crippen LogP contribution in [0.4, 0.5) is 0 Å². The molecule has 0 atom stereocenters. The summed E-state index contributed by atoms with van der Waals surface area (Å²) < 4.78 is 7.52. The maximum absolute atomic E-state index is 9.04. The van der Waals surface area contributed by atoms with Crippen LogP contribution >= 0.6 is 11.3 Å². The zero-order valence-electron chi connectivity index (χ0n) is 15.0. The van der Waals surface area contributed by atoms with Gasteiger partial charge in [-0.15, -0.1) is 11.3 Å². The zero-order chi connectivity index (χ0) is 18.9. The molecule has 1 N–H and O–H groups in total. The Balaban J connectivity index is 1.72. The third-order valence-corrected chi connectivity index (χ3v) is 6.16. The number of fused-ring (bicyclic) bond motifs is 3. The third kappa shape index (κ3) is 2.87. The molecule has 0 saturated heterocycles. The summed E-state index contributed by atoms with van der Waals surface area (Å²) in [7, 11) is 0.737. The van der Waals surface area contributed by atoms with Gasteiger partial charge in [0.2, 0.25) is 0 Å². The molecule has 1 heterocycles. The molecule has 0 aliphatic carbocycles. The van der Waals surface area contributed by atoms with Crippen LogP contribution < -0.4 is 4.65 Å². The van der Waals surface area contributed by atoms with Gasteiger partial charge in [-0.1, -0.05) is 72.8 Å². The Kier molecular flexibility index (Phi) is 4.36. The first kappa shape index (κ1) is 17.1. The van der Waals surface area contributed by atoms with Gasteiger partial charge in [0.05, 0.1) is 4.70 Å². The van der Waals surface area contributed by atoms with Gasteiger partial charge in [0.1, 0.15) is 5.75 Å². The Hall–Kier alpha value is -3.08. The molecule has 0 fully saturated rings. The van der Waals surface area contributed by atoms with Crippen molar-refractivity contribution in [2.75, 3.05) is 0 Å². The molecule has 133 valence electrons. The molecule has 2 nitrogen and oxygen atoms in total. The lowest BCUT2D eigenvalue weighted by molar-refractivity contribution is 0.457. The van der Waals surface area contributed by atoms with Gasteiger partial charge in [-0.25, -0.2) is 0 Å². The van der Waals surface area contributed by atoms with Crippen LogP contribution in [0.5, 0.6) is 5.75 Å². The van der Waals surface area contributed by atoms with Crippen LogP contribution in [0.15, 0.2) is 91.0 Å². The van der Waals surface area contributed by atoms with Crippen molar-refractivity contribution in [1.29, 1.82) is 0 Å². The molecule has 0 amide bonds. The van der Waals surface area contributed by atoms with Crippen molar-refractivity contribution in [2.45, 2.75) is 0 Å². The number of benzene rings is 4. The standard InChI is InChI=1S/C24H16BO2S/c26-25-27-22-12-6-11-20-21-15-17(13-14-23(21)28-24(20)22)19-10-5-4-9-18(19)16-7-2-1-3-8-16/h1-15,26H. The van der Waals surface area contributed by atoms with Crippen LogP contribution in [0.25, 0.3) is 42.4 Å². The molecular weight excluding hydrogens is 363 g/mol. The van der Waals surface area contributed by atoms with E-state index in [2.05, 4.69) is 72.8 Å². The van der Waals surface area contributed by atoms with Crippen LogP contribution in [0.3, 0.4) is 0 Å². The van der Waals surface area contributed by atoms with Gasteiger partial charge in [-0.2, -0.15) is 0 Å². The van der Waals surface area contributed by atoms with E-state index in [1.807, 2.05) is 18.2 Å². The summed E-state index contributed by atoms with van der Waals surface area (Å²) in [5.74, 6) is 0.674. The molecule has 5 aromatic rings. The second-order valence-electron chi connectivity index (χ2n) is 6.58. The maximum atomic E-state index is 9.04. The SMILES string of the molecule is O[B]Oc1cccc2c1sc1ccc(-c3ccccc3-c3ccccc3)cc12. The van der Waals surface area contributed by atoms with Crippen molar-refractivity contribution < 1.29 is 9.68 Å². The topological polar surface area (TPSA) is 29.5 Å². The van der Waals surface area contributed by atoms with E-state index in [9.17, 15) is 0 Å². The van der Waals surface area contributed by atoms with Crippen LogP contribution in [0.1, 0.15) is 0 Å². The highest BCUT2D eigenvalue weighted by molar-refractivity contribution is 7.26. The van der Waals surface area contributed by atoms with Crippen molar-refractivity contribution in [3.8, 4) is 28.0 Å². The van der Waals surface area contributed by atoms with Crippen LogP contribution in [0.2, 0.25) is 0 Å². The molecule has 0 bridgehead atoms. The maximum Gasteiger partial charge on any atom is 0.569 e. The predicted octanol–water partition coefficient (Wildman–Crippen LogP) is 6.29. The molecule has 1 aromatic heterocycles. The Bertz CT molecular complexity index is 1280. The number of thiophene rings is 1. The van der Waals surface area contributed by atoms with E-state index in [1.54, 1.807) is 11.3 Å². The van der Waals surface area contributed by atoms with E-state index in [0.29, 0.717) is 5.75 Å². The van der Waals surface area contributed by atoms with Gasteiger partial charge >= 0.3 is 7.69 Å². The first-order chi connectivity index (χ1) is 13.8. The molecule has 0 aliphatic heterocycles. The summed E-state index contributed by atoms with van der Waals surface area (Å²) in [5, 5.41) is 11.4. The minimum atomic E-state index is 0.674. The van der Waals surface area contributed by atoms with Gasteiger partial charge < -0.3 is 9.68 Å². The van der Waals surface area contributed by atoms with Crippen molar-refractivity contribution in [2.24, 2.45) is 0 Å². The smallest absolute Gasteiger partial charge is 0.536 e. The first-order valence-corrected chi connectivity index (χ1v) is 9.89. The Morgan fingerprint density at radius 3 is 2.21 bits per heavy atom. The lowest BCUT2D eigenvalue weighted by Gasteiger charge is -2.10. The summed E-state index contributed by atoms with van der Waals surface area (Å²) >= 11 is 1.68. The van der Waals surface area contributed by atoms with E-state index in [4.69, 9.17) is 9.68 Å². The van der Waals surface area contributed by atoms with Gasteiger partial charge in [0.25, 0.3) is 0 Å². The van der Waals surface area contributed by atoms with E-state index in [0.717, 1.165) is 17.8 Å². The molecule has 0 unspecified atom stereocenters. The van der Waals surface area contributed by atoms with E-state index in [1.165, 1.54) is 32.3 Å². The lowest BCUT2D eigenvalue weighted by atomic mass is 9.94. The van der Waals surface area contributed by atoms with Crippen LogP contribution in [-0.2, 0) is 0 Å². The van der Waals surface area contributed by atoms with Crippen molar-refractivity contribution in [1.82, 2.24) is 0 Å². The summed E-state index contributed by atoms with van der Waals surface area (Å²) in [5.41, 5.74) is 4.83. The quantitative estimate of drug-likeness (QED) is 0.372. The molecule has 0 aliphatic rings. The molecule has 0 saturated carbocycles. The molecule has 4 aromatic carbocycles. The van der Waals surface area contributed by atoms with Crippen molar-refractivity contribution in [3.63, 3.8) is 0 Å². The van der Waals surface area contributed by atoms with Crippen LogP contribution in [0, 0.1) is 0 Å². The Morgan fingerprint density at radius 1 is 0.679 bits per heavy atom. The second-order valence-corrected chi connectivity index (χ2v) is 7.63. The van der Waals surface area contributed by atoms with E-state index >= 15 is 0 Å². The second kappa shape index (κ2) is 7.15. The van der Waals surface area contributed by atoms with Crippen molar-refractivity contribution >= 4 is 39.2 Å². The monoisotopic (exact) mass is 379 g/mol. The number of hydrogen-bond donors (Lipinski definition) is 1. The minimum absolute atomic E-state index is 0.674. The lowest BCUT2D eigenvalue weighted by Crippen LogP contribution is -1.99. The molecule has 0 spiro atoms. The number of rotatable bonds is 4. The molecule has 1 radical (unpaired) electrons. The highest BCUT2D eigenvalue weighted by Gasteiger charge is 2.12. The molecular formula is C24H16BO2S. The summed E-state index contributed by atoms with van der Waals surface area (Å²) in [6.45, 7) is 0. The average Bonchev–Trinajstić information content (AvgIpc) is 3.14. The zero-order valence-corrected chi connectivity index (χ0v) is 15.8. The average molecular weight is 379 g/mol. The van der Waals surface area contributed by atoms with Crippen molar-refractivity contribution in [3.05, 3.63) is 91.0 Å². The largest absolute Gasteiger partial charge is 0.569 e.